The van der Waals surface area contributed by atoms with Crippen molar-refractivity contribution in [1.82, 2.24) is 0 Å². The van der Waals surface area contributed by atoms with Gasteiger partial charge >= 0.3 is 5.97 Å². The van der Waals surface area contributed by atoms with Crippen molar-refractivity contribution in [1.29, 1.82) is 0 Å². The lowest BCUT2D eigenvalue weighted by molar-refractivity contribution is -0.131. The van der Waals surface area contributed by atoms with Crippen molar-refractivity contribution in [3.05, 3.63) is 54.1 Å². The number of benzene rings is 2. The van der Waals surface area contributed by atoms with Crippen molar-refractivity contribution in [2.75, 3.05) is 4.31 Å². The number of hydrogen-bond acceptors (Lipinski definition) is 5. The highest BCUT2D eigenvalue weighted by Gasteiger charge is 2.28. The van der Waals surface area contributed by atoms with Crippen LogP contribution in [0.5, 0.6) is 5.75 Å². The Morgan fingerprint density at radius 1 is 0.917 bits per heavy atom. The van der Waals surface area contributed by atoms with Gasteiger partial charge in [-0.3, -0.25) is 9.59 Å². The topological polar surface area (TPSA) is 80.8 Å². The summed E-state index contributed by atoms with van der Waals surface area (Å²) in [5.74, 6) is -0.864. The van der Waals surface area contributed by atoms with Crippen molar-refractivity contribution in [2.24, 2.45) is 0 Å². The molecular formula is C17H17NO5S. The van der Waals surface area contributed by atoms with Crippen LogP contribution in [0, 0.1) is 6.92 Å². The van der Waals surface area contributed by atoms with E-state index in [4.69, 9.17) is 4.74 Å². The number of hydrogen-bond donors (Lipinski definition) is 0. The minimum absolute atomic E-state index is 0.0207. The average molecular weight is 347 g/mol. The maximum Gasteiger partial charge on any atom is 0.308 e. The van der Waals surface area contributed by atoms with E-state index in [9.17, 15) is 18.0 Å². The van der Waals surface area contributed by atoms with Crippen LogP contribution in [0.15, 0.2) is 53.4 Å². The number of ether oxygens (including phenoxy) is 1. The van der Waals surface area contributed by atoms with Gasteiger partial charge in [-0.1, -0.05) is 17.7 Å². The van der Waals surface area contributed by atoms with Crippen LogP contribution in [-0.4, -0.2) is 20.3 Å². The molecule has 2 aromatic carbocycles. The molecule has 2 rings (SSSR count). The van der Waals surface area contributed by atoms with Crippen LogP contribution in [0.4, 0.5) is 5.69 Å². The first-order chi connectivity index (χ1) is 11.2. The Morgan fingerprint density at radius 3 is 1.92 bits per heavy atom. The molecule has 0 unspecified atom stereocenters. The molecule has 126 valence electrons. The molecule has 0 spiro atoms. The highest BCUT2D eigenvalue weighted by molar-refractivity contribution is 7.93. The molecular weight excluding hydrogens is 330 g/mol. The Labute approximate surface area is 140 Å². The van der Waals surface area contributed by atoms with Crippen LogP contribution in [0.3, 0.4) is 0 Å². The van der Waals surface area contributed by atoms with Crippen LogP contribution in [-0.2, 0) is 19.6 Å². The molecule has 0 aromatic heterocycles. The van der Waals surface area contributed by atoms with E-state index in [-0.39, 0.29) is 16.3 Å². The lowest BCUT2D eigenvalue weighted by Crippen LogP contribution is -2.35. The summed E-state index contributed by atoms with van der Waals surface area (Å²) in [5.41, 5.74) is 1.08. The van der Waals surface area contributed by atoms with Crippen LogP contribution in [0.25, 0.3) is 0 Å². The minimum atomic E-state index is -4.03. The fourth-order valence-electron chi connectivity index (χ4n) is 2.12. The fourth-order valence-corrected chi connectivity index (χ4v) is 3.55. The number of amides is 1. The van der Waals surface area contributed by atoms with Crippen molar-refractivity contribution in [3.63, 3.8) is 0 Å². The lowest BCUT2D eigenvalue weighted by atomic mass is 10.2. The molecule has 1 amide bonds. The van der Waals surface area contributed by atoms with E-state index in [0.29, 0.717) is 0 Å². The van der Waals surface area contributed by atoms with E-state index in [2.05, 4.69) is 0 Å². The Balaban J connectivity index is 2.44. The van der Waals surface area contributed by atoms with Gasteiger partial charge in [-0.15, -0.1) is 0 Å². The van der Waals surface area contributed by atoms with Gasteiger partial charge in [0.15, 0.2) is 0 Å². The molecule has 0 saturated heterocycles. The summed E-state index contributed by atoms with van der Waals surface area (Å²) in [6, 6.07) is 11.9. The molecule has 24 heavy (non-hydrogen) atoms. The Morgan fingerprint density at radius 2 is 1.46 bits per heavy atom. The first-order valence-electron chi connectivity index (χ1n) is 7.13. The summed E-state index contributed by atoms with van der Waals surface area (Å²) in [6.07, 6.45) is 0. The highest BCUT2D eigenvalue weighted by Crippen LogP contribution is 2.26. The van der Waals surface area contributed by atoms with E-state index in [1.165, 1.54) is 50.2 Å². The van der Waals surface area contributed by atoms with E-state index in [0.717, 1.165) is 9.87 Å². The number of nitrogens with zero attached hydrogens (tertiary/aromatic N) is 1. The lowest BCUT2D eigenvalue weighted by Gasteiger charge is -2.21. The summed E-state index contributed by atoms with van der Waals surface area (Å²) < 4.78 is 31.2. The SMILES string of the molecule is CC(=O)Oc1ccc(N(C(C)=O)S(=O)(=O)c2ccc(C)cc2)cc1. The first-order valence-corrected chi connectivity index (χ1v) is 8.57. The monoisotopic (exact) mass is 347 g/mol. The smallest absolute Gasteiger partial charge is 0.308 e. The predicted molar refractivity (Wildman–Crippen MR) is 89.3 cm³/mol. The van der Waals surface area contributed by atoms with Gasteiger partial charge in [0.05, 0.1) is 10.6 Å². The zero-order valence-corrected chi connectivity index (χ0v) is 14.3. The van der Waals surface area contributed by atoms with Gasteiger partial charge in [0.1, 0.15) is 5.75 Å². The standard InChI is InChI=1S/C17H17NO5S/c1-12-4-10-17(11-5-12)24(21,22)18(13(2)19)15-6-8-16(9-7-15)23-14(3)20/h4-11H,1-3H3. The van der Waals surface area contributed by atoms with Crippen molar-refractivity contribution in [3.8, 4) is 5.75 Å². The third-order valence-corrected chi connectivity index (χ3v) is 4.99. The Bertz CT molecular complexity index is 855. The number of sulfonamides is 1. The van der Waals surface area contributed by atoms with E-state index < -0.39 is 21.9 Å². The molecule has 0 saturated carbocycles. The molecule has 0 heterocycles. The first kappa shape index (κ1) is 17.7. The van der Waals surface area contributed by atoms with Gasteiger partial charge in [-0.05, 0) is 43.3 Å². The van der Waals surface area contributed by atoms with Crippen molar-refractivity contribution in [2.45, 2.75) is 25.7 Å². The Hall–Kier alpha value is -2.67. The summed E-state index contributed by atoms with van der Waals surface area (Å²) in [6.45, 7) is 4.27. The number of rotatable bonds is 4. The zero-order valence-electron chi connectivity index (χ0n) is 13.5. The summed E-state index contributed by atoms with van der Waals surface area (Å²) >= 11 is 0. The maximum atomic E-state index is 12.8. The number of anilines is 1. The molecule has 0 aliphatic carbocycles. The molecule has 0 atom stereocenters. The van der Waals surface area contributed by atoms with E-state index >= 15 is 0 Å². The van der Waals surface area contributed by atoms with Crippen LogP contribution in [0.1, 0.15) is 19.4 Å². The third kappa shape index (κ3) is 3.80. The summed E-state index contributed by atoms with van der Waals surface area (Å²) in [4.78, 5) is 22.9. The molecule has 0 radical (unpaired) electrons. The number of aryl methyl sites for hydroxylation is 1. The Kier molecular flexibility index (Phi) is 5.04. The van der Waals surface area contributed by atoms with Gasteiger partial charge in [0.2, 0.25) is 5.91 Å². The van der Waals surface area contributed by atoms with Crippen LogP contribution >= 0.6 is 0 Å². The second-order valence-electron chi connectivity index (χ2n) is 5.19. The molecule has 7 heteroatoms. The van der Waals surface area contributed by atoms with E-state index in [1.807, 2.05) is 6.92 Å². The predicted octanol–water partition coefficient (Wildman–Crippen LogP) is 2.66. The van der Waals surface area contributed by atoms with Crippen molar-refractivity contribution < 1.29 is 22.7 Å². The molecule has 2 aromatic rings. The number of carbonyl (C=O) groups is 2. The second-order valence-corrected chi connectivity index (χ2v) is 6.98. The number of esters is 1. The minimum Gasteiger partial charge on any atom is -0.427 e. The fraction of sp³-hybridized carbons (Fsp3) is 0.176. The average Bonchev–Trinajstić information content (AvgIpc) is 2.48. The molecule has 0 fully saturated rings. The largest absolute Gasteiger partial charge is 0.427 e. The maximum absolute atomic E-state index is 12.8. The summed E-state index contributed by atoms with van der Waals surface area (Å²) in [5, 5.41) is 0. The van der Waals surface area contributed by atoms with Gasteiger partial charge in [-0.2, -0.15) is 0 Å². The van der Waals surface area contributed by atoms with Gasteiger partial charge in [0, 0.05) is 13.8 Å². The molecule has 0 bridgehead atoms. The third-order valence-electron chi connectivity index (χ3n) is 3.18. The quantitative estimate of drug-likeness (QED) is 0.627. The van der Waals surface area contributed by atoms with Crippen molar-refractivity contribution >= 4 is 27.6 Å². The van der Waals surface area contributed by atoms with Crippen LogP contribution in [0.2, 0.25) is 0 Å². The van der Waals surface area contributed by atoms with Gasteiger partial charge in [-0.25, -0.2) is 12.7 Å². The molecule has 0 N–H and O–H groups in total. The van der Waals surface area contributed by atoms with Gasteiger partial charge in [0.25, 0.3) is 10.0 Å². The van der Waals surface area contributed by atoms with E-state index in [1.54, 1.807) is 12.1 Å². The summed E-state index contributed by atoms with van der Waals surface area (Å²) in [7, 11) is -4.03. The molecule has 0 aliphatic rings. The normalized spacial score (nSPS) is 11.0. The molecule has 6 nitrogen and oxygen atoms in total. The second kappa shape index (κ2) is 6.84. The van der Waals surface area contributed by atoms with Crippen LogP contribution < -0.4 is 9.04 Å². The number of carbonyl (C=O) groups excluding carboxylic acids is 2. The van der Waals surface area contributed by atoms with Gasteiger partial charge < -0.3 is 4.74 Å². The zero-order chi connectivity index (χ0) is 17.9. The molecule has 0 aliphatic heterocycles. The highest BCUT2D eigenvalue weighted by atomic mass is 32.2.